The quantitative estimate of drug-likeness (QED) is 0.577. The Kier molecular flexibility index (Phi) is 7.23. The number of aryl methyl sites for hydroxylation is 1. The Morgan fingerprint density at radius 2 is 1.83 bits per heavy atom. The number of halogens is 4. The van der Waals surface area contributed by atoms with Gasteiger partial charge in [-0.25, -0.2) is 27.1 Å². The molecule has 2 aliphatic heterocycles. The third-order valence-electron chi connectivity index (χ3n) is 6.92. The molecule has 35 heavy (non-hydrogen) atoms. The van der Waals surface area contributed by atoms with Crippen LogP contribution in [0.5, 0.6) is 5.75 Å². The van der Waals surface area contributed by atoms with Crippen LogP contribution in [-0.2, 0) is 22.6 Å². The minimum Gasteiger partial charge on any atom is -0.508 e. The van der Waals surface area contributed by atoms with E-state index in [1.54, 1.807) is 4.90 Å². The Labute approximate surface area is 201 Å². The number of aromatic hydroxyl groups is 1. The van der Waals surface area contributed by atoms with Crippen LogP contribution in [0.2, 0.25) is 0 Å². The lowest BCUT2D eigenvalue weighted by atomic mass is 9.92. The lowest BCUT2D eigenvalue weighted by Gasteiger charge is -2.30. The molecule has 1 atom stereocenters. The molecule has 2 aliphatic rings. The number of phenolic OH excluding ortho intramolecular Hbond substituents is 1. The van der Waals surface area contributed by atoms with Crippen LogP contribution in [-0.4, -0.2) is 53.7 Å². The van der Waals surface area contributed by atoms with Crippen molar-refractivity contribution in [1.82, 2.24) is 14.3 Å². The number of phenols is 1. The van der Waals surface area contributed by atoms with Gasteiger partial charge in [-0.3, -0.25) is 0 Å². The topological polar surface area (TPSA) is 86.6 Å². The first-order valence-electron chi connectivity index (χ1n) is 11.6. The summed E-state index contributed by atoms with van der Waals surface area (Å²) < 4.78 is 79.2. The number of piperidine rings is 1. The summed E-state index contributed by atoms with van der Waals surface area (Å²) in [7, 11) is -3.21. The summed E-state index contributed by atoms with van der Waals surface area (Å²) in [6.45, 7) is 1.35. The SMILES string of the molecule is CS(=O)(=O)N1CCC(CCc2ncnc(N3CCCC3c3ccc(C(F)(F)F)cc3O)c2F)CC1. The van der Waals surface area contributed by atoms with E-state index in [4.69, 9.17) is 0 Å². The van der Waals surface area contributed by atoms with Gasteiger partial charge in [-0.1, -0.05) is 6.07 Å². The van der Waals surface area contributed by atoms with Gasteiger partial charge in [0, 0.05) is 25.2 Å². The lowest BCUT2D eigenvalue weighted by Crippen LogP contribution is -2.37. The number of aromatic nitrogens is 2. The molecule has 0 amide bonds. The Morgan fingerprint density at radius 1 is 1.11 bits per heavy atom. The molecule has 1 unspecified atom stereocenters. The summed E-state index contributed by atoms with van der Waals surface area (Å²) >= 11 is 0. The van der Waals surface area contributed by atoms with E-state index < -0.39 is 39.4 Å². The maximum Gasteiger partial charge on any atom is 0.416 e. The summed E-state index contributed by atoms with van der Waals surface area (Å²) in [6.07, 6.45) is 1.55. The summed E-state index contributed by atoms with van der Waals surface area (Å²) in [5.41, 5.74) is -0.392. The summed E-state index contributed by atoms with van der Waals surface area (Å²) in [5.74, 6) is -0.718. The van der Waals surface area contributed by atoms with Gasteiger partial charge in [0.2, 0.25) is 10.0 Å². The fourth-order valence-corrected chi connectivity index (χ4v) is 5.86. The average Bonchev–Trinajstić information content (AvgIpc) is 3.26. The molecule has 2 aromatic rings. The van der Waals surface area contributed by atoms with Gasteiger partial charge in [0.1, 0.15) is 12.1 Å². The van der Waals surface area contributed by atoms with Crippen molar-refractivity contribution in [3.8, 4) is 5.75 Å². The molecule has 4 rings (SSSR count). The number of benzene rings is 1. The molecule has 0 bridgehead atoms. The second-order valence-corrected chi connectivity index (χ2v) is 11.2. The highest BCUT2D eigenvalue weighted by Crippen LogP contribution is 2.42. The van der Waals surface area contributed by atoms with Crippen LogP contribution >= 0.6 is 0 Å². The highest BCUT2D eigenvalue weighted by atomic mass is 32.2. The number of hydrogen-bond acceptors (Lipinski definition) is 6. The zero-order valence-electron chi connectivity index (χ0n) is 19.3. The molecule has 2 saturated heterocycles. The van der Waals surface area contributed by atoms with Crippen molar-refractivity contribution in [3.05, 3.63) is 47.2 Å². The highest BCUT2D eigenvalue weighted by Gasteiger charge is 2.35. The molecule has 0 saturated carbocycles. The van der Waals surface area contributed by atoms with Gasteiger partial charge in [-0.15, -0.1) is 0 Å². The van der Waals surface area contributed by atoms with Crippen molar-refractivity contribution in [3.63, 3.8) is 0 Å². The number of rotatable bonds is 6. The molecule has 1 N–H and O–H groups in total. The van der Waals surface area contributed by atoms with E-state index in [0.717, 1.165) is 6.07 Å². The number of hydrogen-bond donors (Lipinski definition) is 1. The van der Waals surface area contributed by atoms with Gasteiger partial charge in [0.05, 0.1) is 23.6 Å². The fourth-order valence-electron chi connectivity index (χ4n) is 4.99. The molecule has 0 radical (unpaired) electrons. The van der Waals surface area contributed by atoms with Crippen LogP contribution in [0, 0.1) is 11.7 Å². The molecule has 7 nitrogen and oxygen atoms in total. The van der Waals surface area contributed by atoms with Crippen molar-refractivity contribution in [1.29, 1.82) is 0 Å². The minimum absolute atomic E-state index is 0.0729. The van der Waals surface area contributed by atoms with Gasteiger partial charge < -0.3 is 10.0 Å². The molecular formula is C23H28F4N4O3S. The largest absolute Gasteiger partial charge is 0.508 e. The number of sulfonamides is 1. The Balaban J connectivity index is 1.47. The van der Waals surface area contributed by atoms with E-state index in [0.29, 0.717) is 69.8 Å². The molecule has 0 aliphatic carbocycles. The summed E-state index contributed by atoms with van der Waals surface area (Å²) in [6, 6.07) is 2.35. The normalized spacial score (nSPS) is 20.5. The zero-order chi connectivity index (χ0) is 25.4. The second-order valence-electron chi connectivity index (χ2n) is 9.22. The smallest absolute Gasteiger partial charge is 0.416 e. The van der Waals surface area contributed by atoms with E-state index in [1.807, 2.05) is 0 Å². The maximum atomic E-state index is 15.4. The standard InChI is InChI=1S/C23H28F4N4O3S/c1-35(33,34)30-11-8-15(9-12-30)4-7-18-21(24)22(29-14-28-18)31-10-2-3-19(31)17-6-5-16(13-20(17)32)23(25,26)27/h5-6,13-15,19,32H,2-4,7-12H2,1H3. The third kappa shape index (κ3) is 5.69. The Morgan fingerprint density at radius 3 is 2.46 bits per heavy atom. The second kappa shape index (κ2) is 9.88. The van der Waals surface area contributed by atoms with Crippen LogP contribution in [0.4, 0.5) is 23.4 Å². The maximum absolute atomic E-state index is 15.4. The van der Waals surface area contributed by atoms with E-state index in [1.165, 1.54) is 23.0 Å². The van der Waals surface area contributed by atoms with Gasteiger partial charge in [-0.05, 0) is 56.6 Å². The zero-order valence-corrected chi connectivity index (χ0v) is 20.1. The monoisotopic (exact) mass is 516 g/mol. The number of nitrogens with zero attached hydrogens (tertiary/aromatic N) is 4. The van der Waals surface area contributed by atoms with Crippen molar-refractivity contribution in [2.75, 3.05) is 30.8 Å². The average molecular weight is 517 g/mol. The van der Waals surface area contributed by atoms with E-state index in [-0.39, 0.29) is 17.4 Å². The van der Waals surface area contributed by atoms with Crippen molar-refractivity contribution >= 4 is 15.8 Å². The first-order chi connectivity index (χ1) is 16.4. The van der Waals surface area contributed by atoms with Crippen molar-refractivity contribution in [2.45, 2.75) is 50.7 Å². The van der Waals surface area contributed by atoms with Crippen LogP contribution in [0.3, 0.4) is 0 Å². The van der Waals surface area contributed by atoms with Crippen LogP contribution < -0.4 is 4.90 Å². The fraction of sp³-hybridized carbons (Fsp3) is 0.565. The van der Waals surface area contributed by atoms with Gasteiger partial charge >= 0.3 is 6.18 Å². The van der Waals surface area contributed by atoms with Gasteiger partial charge in [-0.2, -0.15) is 13.2 Å². The predicted octanol–water partition coefficient (Wildman–Crippen LogP) is 4.29. The predicted molar refractivity (Wildman–Crippen MR) is 122 cm³/mol. The highest BCUT2D eigenvalue weighted by molar-refractivity contribution is 7.88. The summed E-state index contributed by atoms with van der Waals surface area (Å²) in [5, 5.41) is 10.3. The molecule has 2 fully saturated rings. The molecule has 1 aromatic heterocycles. The molecule has 192 valence electrons. The van der Waals surface area contributed by atoms with E-state index in [9.17, 15) is 26.7 Å². The Bertz CT molecular complexity index is 1170. The third-order valence-corrected chi connectivity index (χ3v) is 8.22. The van der Waals surface area contributed by atoms with Gasteiger partial charge in [0.25, 0.3) is 0 Å². The number of alkyl halides is 3. The summed E-state index contributed by atoms with van der Waals surface area (Å²) in [4.78, 5) is 9.90. The van der Waals surface area contributed by atoms with E-state index >= 15 is 4.39 Å². The van der Waals surface area contributed by atoms with Gasteiger partial charge in [0.15, 0.2) is 11.6 Å². The Hall–Kier alpha value is -2.47. The first-order valence-corrected chi connectivity index (χ1v) is 13.4. The van der Waals surface area contributed by atoms with Crippen LogP contribution in [0.25, 0.3) is 0 Å². The first kappa shape index (κ1) is 25.6. The molecular weight excluding hydrogens is 488 g/mol. The van der Waals surface area contributed by atoms with Crippen molar-refractivity contribution < 1.29 is 31.1 Å². The molecule has 12 heteroatoms. The lowest BCUT2D eigenvalue weighted by molar-refractivity contribution is -0.137. The molecule has 0 spiro atoms. The van der Waals surface area contributed by atoms with Crippen LogP contribution in [0.15, 0.2) is 24.5 Å². The number of anilines is 1. The molecule has 3 heterocycles. The van der Waals surface area contributed by atoms with Crippen molar-refractivity contribution in [2.24, 2.45) is 5.92 Å². The molecule has 1 aromatic carbocycles. The van der Waals surface area contributed by atoms with E-state index in [2.05, 4.69) is 9.97 Å². The minimum atomic E-state index is -4.57. The van der Waals surface area contributed by atoms with Crippen LogP contribution in [0.1, 0.15) is 55.0 Å².